The Balaban J connectivity index is 2.27. The third kappa shape index (κ3) is 2.45. The van der Waals surface area contributed by atoms with Gasteiger partial charge in [0, 0.05) is 6.54 Å². The monoisotopic (exact) mass is 217 g/mol. The van der Waals surface area contributed by atoms with Crippen LogP contribution in [0.5, 0.6) is 5.75 Å². The fourth-order valence-electron chi connectivity index (χ4n) is 1.96. The molecule has 0 radical (unpaired) electrons. The van der Waals surface area contributed by atoms with Crippen LogP contribution in [0.4, 0.5) is 0 Å². The van der Waals surface area contributed by atoms with Crippen LogP contribution in [0.25, 0.3) is 6.08 Å². The number of hydrogen-bond donors (Lipinski definition) is 1. The van der Waals surface area contributed by atoms with Crippen LogP contribution in [-0.2, 0) is 6.42 Å². The highest BCUT2D eigenvalue weighted by Gasteiger charge is 2.26. The van der Waals surface area contributed by atoms with Crippen molar-refractivity contribution < 1.29 is 4.74 Å². The van der Waals surface area contributed by atoms with Gasteiger partial charge in [-0.1, -0.05) is 24.3 Å². The van der Waals surface area contributed by atoms with E-state index in [1.165, 1.54) is 5.56 Å². The van der Waals surface area contributed by atoms with Crippen LogP contribution in [0.2, 0.25) is 0 Å². The molecular formula is C14H19NO. The lowest BCUT2D eigenvalue weighted by Crippen LogP contribution is -2.32. The molecule has 2 N–H and O–H groups in total. The summed E-state index contributed by atoms with van der Waals surface area (Å²) < 4.78 is 5.97. The van der Waals surface area contributed by atoms with E-state index in [0.29, 0.717) is 6.54 Å². The van der Waals surface area contributed by atoms with Crippen molar-refractivity contribution in [2.75, 3.05) is 6.54 Å². The zero-order valence-corrected chi connectivity index (χ0v) is 9.99. The van der Waals surface area contributed by atoms with Crippen molar-refractivity contribution in [2.45, 2.75) is 32.3 Å². The standard InChI is InChI=1S/C14H19NO/c1-14(2)8-7-12-6-5-11(4-3-9-15)10-13(12)16-14/h3-6,10H,7-9,15H2,1-2H3/b4-3+. The fourth-order valence-corrected chi connectivity index (χ4v) is 1.96. The molecule has 2 nitrogen and oxygen atoms in total. The van der Waals surface area contributed by atoms with Gasteiger partial charge >= 0.3 is 0 Å². The Morgan fingerprint density at radius 1 is 1.44 bits per heavy atom. The van der Waals surface area contributed by atoms with E-state index in [0.717, 1.165) is 24.2 Å². The summed E-state index contributed by atoms with van der Waals surface area (Å²) in [6.45, 7) is 4.85. The fraction of sp³-hybridized carbons (Fsp3) is 0.429. The molecule has 0 amide bonds. The first-order chi connectivity index (χ1) is 7.61. The molecule has 0 aliphatic carbocycles. The summed E-state index contributed by atoms with van der Waals surface area (Å²) in [5.41, 5.74) is 7.86. The molecule has 2 heteroatoms. The molecule has 0 aromatic heterocycles. The van der Waals surface area contributed by atoms with Gasteiger partial charge in [-0.15, -0.1) is 0 Å². The van der Waals surface area contributed by atoms with E-state index in [-0.39, 0.29) is 5.60 Å². The minimum Gasteiger partial charge on any atom is -0.488 e. The van der Waals surface area contributed by atoms with E-state index in [2.05, 4.69) is 32.0 Å². The van der Waals surface area contributed by atoms with Gasteiger partial charge in [-0.3, -0.25) is 0 Å². The third-order valence-corrected chi connectivity index (χ3v) is 2.92. The molecule has 86 valence electrons. The first kappa shape index (κ1) is 11.2. The largest absolute Gasteiger partial charge is 0.488 e. The van der Waals surface area contributed by atoms with Gasteiger partial charge in [0.2, 0.25) is 0 Å². The molecule has 2 rings (SSSR count). The second-order valence-corrected chi connectivity index (χ2v) is 4.87. The Morgan fingerprint density at radius 3 is 3.00 bits per heavy atom. The van der Waals surface area contributed by atoms with Crippen molar-refractivity contribution in [3.63, 3.8) is 0 Å². The SMILES string of the molecule is CC1(C)CCc2ccc(/C=C/CN)cc2O1. The van der Waals surface area contributed by atoms with Crippen LogP contribution < -0.4 is 10.5 Å². The normalized spacial score (nSPS) is 18.2. The van der Waals surface area contributed by atoms with Gasteiger partial charge in [0.05, 0.1) is 0 Å². The lowest BCUT2D eigenvalue weighted by Gasteiger charge is -2.32. The number of nitrogens with two attached hydrogens (primary N) is 1. The summed E-state index contributed by atoms with van der Waals surface area (Å²) in [6.07, 6.45) is 6.17. The van der Waals surface area contributed by atoms with Crippen molar-refractivity contribution in [3.8, 4) is 5.75 Å². The van der Waals surface area contributed by atoms with Crippen molar-refractivity contribution >= 4 is 6.08 Å². The van der Waals surface area contributed by atoms with Gasteiger partial charge < -0.3 is 10.5 Å². The maximum Gasteiger partial charge on any atom is 0.123 e. The highest BCUT2D eigenvalue weighted by Crippen LogP contribution is 2.33. The highest BCUT2D eigenvalue weighted by atomic mass is 16.5. The molecule has 0 saturated carbocycles. The van der Waals surface area contributed by atoms with Crippen molar-refractivity contribution in [1.82, 2.24) is 0 Å². The minimum atomic E-state index is -0.0385. The van der Waals surface area contributed by atoms with Gasteiger partial charge in [-0.05, 0) is 43.9 Å². The third-order valence-electron chi connectivity index (χ3n) is 2.92. The molecule has 0 fully saturated rings. The van der Waals surface area contributed by atoms with Crippen LogP contribution >= 0.6 is 0 Å². The lowest BCUT2D eigenvalue weighted by molar-refractivity contribution is 0.0847. The molecular weight excluding hydrogens is 198 g/mol. The number of benzene rings is 1. The van der Waals surface area contributed by atoms with Crippen LogP contribution in [0.15, 0.2) is 24.3 Å². The van der Waals surface area contributed by atoms with Crippen molar-refractivity contribution in [2.24, 2.45) is 5.73 Å². The molecule has 0 spiro atoms. The maximum atomic E-state index is 5.97. The van der Waals surface area contributed by atoms with E-state index in [1.54, 1.807) is 0 Å². The first-order valence-corrected chi connectivity index (χ1v) is 5.79. The minimum absolute atomic E-state index is 0.0385. The second kappa shape index (κ2) is 4.30. The first-order valence-electron chi connectivity index (χ1n) is 5.79. The van der Waals surface area contributed by atoms with Crippen molar-refractivity contribution in [1.29, 1.82) is 0 Å². The molecule has 0 unspecified atom stereocenters. The van der Waals surface area contributed by atoms with Crippen LogP contribution in [0.3, 0.4) is 0 Å². The number of fused-ring (bicyclic) bond motifs is 1. The average molecular weight is 217 g/mol. The summed E-state index contributed by atoms with van der Waals surface area (Å²) in [5, 5.41) is 0. The van der Waals surface area contributed by atoms with E-state index in [4.69, 9.17) is 10.5 Å². The van der Waals surface area contributed by atoms with Crippen molar-refractivity contribution in [3.05, 3.63) is 35.4 Å². The summed E-state index contributed by atoms with van der Waals surface area (Å²) in [7, 11) is 0. The lowest BCUT2D eigenvalue weighted by atomic mass is 9.93. The molecule has 1 heterocycles. The van der Waals surface area contributed by atoms with Crippen LogP contribution in [0, 0.1) is 0 Å². The predicted molar refractivity (Wildman–Crippen MR) is 67.6 cm³/mol. The van der Waals surface area contributed by atoms with Gasteiger partial charge in [0.15, 0.2) is 0 Å². The van der Waals surface area contributed by atoms with Crippen LogP contribution in [-0.4, -0.2) is 12.1 Å². The Morgan fingerprint density at radius 2 is 2.25 bits per heavy atom. The quantitative estimate of drug-likeness (QED) is 0.826. The number of hydrogen-bond acceptors (Lipinski definition) is 2. The highest BCUT2D eigenvalue weighted by molar-refractivity contribution is 5.54. The van der Waals surface area contributed by atoms with Crippen LogP contribution in [0.1, 0.15) is 31.4 Å². The summed E-state index contributed by atoms with van der Waals surface area (Å²) in [6, 6.07) is 6.37. The predicted octanol–water partition coefficient (Wildman–Crippen LogP) is 2.76. The molecule has 0 saturated heterocycles. The molecule has 1 aliphatic rings. The molecule has 0 bridgehead atoms. The van der Waals surface area contributed by atoms with Gasteiger partial charge in [-0.25, -0.2) is 0 Å². The summed E-state index contributed by atoms with van der Waals surface area (Å²) >= 11 is 0. The maximum absolute atomic E-state index is 5.97. The Kier molecular flexibility index (Phi) is 3.01. The smallest absolute Gasteiger partial charge is 0.123 e. The topological polar surface area (TPSA) is 35.2 Å². The molecule has 0 atom stereocenters. The zero-order chi connectivity index (χ0) is 11.6. The number of aryl methyl sites for hydroxylation is 1. The molecule has 16 heavy (non-hydrogen) atoms. The van der Waals surface area contributed by atoms with Gasteiger partial charge in [0.1, 0.15) is 11.4 Å². The Bertz CT molecular complexity index is 407. The Labute approximate surface area is 97.1 Å². The summed E-state index contributed by atoms with van der Waals surface area (Å²) in [5.74, 6) is 1.02. The van der Waals surface area contributed by atoms with Gasteiger partial charge in [-0.2, -0.15) is 0 Å². The average Bonchev–Trinajstić information content (AvgIpc) is 2.24. The number of ether oxygens (including phenoxy) is 1. The Hall–Kier alpha value is -1.28. The molecule has 1 aromatic carbocycles. The molecule has 1 aliphatic heterocycles. The second-order valence-electron chi connectivity index (χ2n) is 4.87. The van der Waals surface area contributed by atoms with E-state index in [9.17, 15) is 0 Å². The van der Waals surface area contributed by atoms with E-state index >= 15 is 0 Å². The summed E-state index contributed by atoms with van der Waals surface area (Å²) in [4.78, 5) is 0. The molecule has 1 aromatic rings. The van der Waals surface area contributed by atoms with E-state index in [1.807, 2.05) is 12.2 Å². The zero-order valence-electron chi connectivity index (χ0n) is 9.99. The number of rotatable bonds is 2. The van der Waals surface area contributed by atoms with E-state index < -0.39 is 0 Å². The van der Waals surface area contributed by atoms with Gasteiger partial charge in [0.25, 0.3) is 0 Å².